The van der Waals surface area contributed by atoms with Crippen LogP contribution in [0.15, 0.2) is 0 Å². The van der Waals surface area contributed by atoms with Crippen LogP contribution in [0.4, 0.5) is 0 Å². The Balaban J connectivity index is 1.74. The Morgan fingerprint density at radius 2 is 2.24 bits per heavy atom. The molecule has 1 atom stereocenters. The van der Waals surface area contributed by atoms with Gasteiger partial charge >= 0.3 is 0 Å². The van der Waals surface area contributed by atoms with E-state index in [4.69, 9.17) is 4.74 Å². The smallest absolute Gasteiger partial charge is 0.0579 e. The summed E-state index contributed by atoms with van der Waals surface area (Å²) >= 11 is 0. The monoisotopic (exact) mass is 242 g/mol. The van der Waals surface area contributed by atoms with Crippen LogP contribution in [0.25, 0.3) is 0 Å². The Bertz CT molecular complexity index is 238. The van der Waals surface area contributed by atoms with Gasteiger partial charge in [-0.1, -0.05) is 0 Å². The van der Waals surface area contributed by atoms with Crippen LogP contribution >= 0.6 is 0 Å². The van der Waals surface area contributed by atoms with Gasteiger partial charge in [0.05, 0.1) is 25.2 Å². The molecular formula is C13H26N2O2. The molecule has 0 bridgehead atoms. The molecule has 0 saturated carbocycles. The van der Waals surface area contributed by atoms with Crippen molar-refractivity contribution in [2.75, 3.05) is 60.1 Å². The molecule has 0 aliphatic carbocycles. The van der Waals surface area contributed by atoms with Crippen molar-refractivity contribution in [2.24, 2.45) is 11.3 Å². The van der Waals surface area contributed by atoms with Gasteiger partial charge in [-0.2, -0.15) is 0 Å². The van der Waals surface area contributed by atoms with Crippen LogP contribution < -0.4 is 0 Å². The van der Waals surface area contributed by atoms with Gasteiger partial charge in [-0.15, -0.1) is 0 Å². The molecule has 17 heavy (non-hydrogen) atoms. The van der Waals surface area contributed by atoms with Crippen molar-refractivity contribution in [3.63, 3.8) is 0 Å². The van der Waals surface area contributed by atoms with Crippen molar-refractivity contribution in [1.29, 1.82) is 0 Å². The molecule has 0 spiro atoms. The van der Waals surface area contributed by atoms with Crippen molar-refractivity contribution >= 4 is 0 Å². The summed E-state index contributed by atoms with van der Waals surface area (Å²) in [5.74, 6) is 0.787. The van der Waals surface area contributed by atoms with Crippen LogP contribution in [-0.2, 0) is 4.74 Å². The minimum atomic E-state index is 0.0231. The van der Waals surface area contributed by atoms with Crippen LogP contribution in [0.5, 0.6) is 0 Å². The first kappa shape index (κ1) is 13.3. The zero-order chi connectivity index (χ0) is 12.3. The fourth-order valence-corrected chi connectivity index (χ4v) is 3.12. The molecule has 0 amide bonds. The van der Waals surface area contributed by atoms with Gasteiger partial charge in [0.25, 0.3) is 0 Å². The molecule has 0 aromatic carbocycles. The van der Waals surface area contributed by atoms with Crippen LogP contribution in [0, 0.1) is 11.3 Å². The average Bonchev–Trinajstić information content (AvgIpc) is 2.23. The topological polar surface area (TPSA) is 35.9 Å². The van der Waals surface area contributed by atoms with Crippen molar-refractivity contribution in [1.82, 2.24) is 9.80 Å². The van der Waals surface area contributed by atoms with Gasteiger partial charge in [-0.05, 0) is 39.4 Å². The van der Waals surface area contributed by atoms with Crippen molar-refractivity contribution in [2.45, 2.75) is 12.8 Å². The number of rotatable bonds is 5. The van der Waals surface area contributed by atoms with E-state index in [0.29, 0.717) is 0 Å². The number of piperidine rings is 1. The number of ether oxygens (including phenoxy) is 1. The number of aliphatic hydroxyl groups excluding tert-OH is 1. The summed E-state index contributed by atoms with van der Waals surface area (Å²) in [4.78, 5) is 4.80. The second-order valence-electron chi connectivity index (χ2n) is 6.12. The third-order valence-electron chi connectivity index (χ3n) is 4.05. The van der Waals surface area contributed by atoms with Gasteiger partial charge < -0.3 is 19.6 Å². The zero-order valence-electron chi connectivity index (χ0n) is 11.2. The molecule has 100 valence electrons. The Kier molecular flexibility index (Phi) is 4.42. The lowest BCUT2D eigenvalue weighted by molar-refractivity contribution is -0.147. The minimum Gasteiger partial charge on any atom is -0.396 e. The molecule has 4 heteroatoms. The first-order valence-electron chi connectivity index (χ1n) is 6.69. The van der Waals surface area contributed by atoms with Crippen molar-refractivity contribution < 1.29 is 9.84 Å². The third kappa shape index (κ3) is 3.41. The average molecular weight is 242 g/mol. The van der Waals surface area contributed by atoms with E-state index < -0.39 is 0 Å². The molecule has 0 radical (unpaired) electrons. The Hall–Kier alpha value is -0.160. The molecule has 4 nitrogen and oxygen atoms in total. The van der Waals surface area contributed by atoms with Crippen LogP contribution in [0.1, 0.15) is 12.8 Å². The second-order valence-corrected chi connectivity index (χ2v) is 6.12. The SMILES string of the molecule is CN1CCCC(CN(C)CC2(CO)COC2)C1. The van der Waals surface area contributed by atoms with Gasteiger partial charge in [0.1, 0.15) is 0 Å². The highest BCUT2D eigenvalue weighted by molar-refractivity contribution is 4.88. The lowest BCUT2D eigenvalue weighted by Gasteiger charge is -2.43. The maximum absolute atomic E-state index is 9.42. The molecular weight excluding hydrogens is 216 g/mol. The van der Waals surface area contributed by atoms with Gasteiger partial charge in [0.15, 0.2) is 0 Å². The first-order chi connectivity index (χ1) is 8.13. The molecule has 2 saturated heterocycles. The number of aliphatic hydroxyl groups is 1. The predicted octanol–water partition coefficient (Wildman–Crippen LogP) is 0.269. The van der Waals surface area contributed by atoms with Crippen LogP contribution in [-0.4, -0.2) is 75.0 Å². The third-order valence-corrected chi connectivity index (χ3v) is 4.05. The van der Waals surface area contributed by atoms with Gasteiger partial charge in [0.2, 0.25) is 0 Å². The highest BCUT2D eigenvalue weighted by Gasteiger charge is 2.39. The molecule has 2 heterocycles. The molecule has 2 aliphatic heterocycles. The summed E-state index contributed by atoms with van der Waals surface area (Å²) in [6.45, 7) is 6.26. The van der Waals surface area contributed by atoms with Crippen LogP contribution in [0.2, 0.25) is 0 Å². The number of hydrogen-bond acceptors (Lipinski definition) is 4. The molecule has 1 N–H and O–H groups in total. The highest BCUT2D eigenvalue weighted by Crippen LogP contribution is 2.28. The second kappa shape index (κ2) is 5.65. The first-order valence-corrected chi connectivity index (χ1v) is 6.69. The minimum absolute atomic E-state index is 0.0231. The van der Waals surface area contributed by atoms with Crippen molar-refractivity contribution in [3.8, 4) is 0 Å². The Morgan fingerprint density at radius 1 is 1.47 bits per heavy atom. The lowest BCUT2D eigenvalue weighted by atomic mass is 9.86. The molecule has 2 rings (SSSR count). The van der Waals surface area contributed by atoms with E-state index >= 15 is 0 Å². The maximum atomic E-state index is 9.42. The summed E-state index contributed by atoms with van der Waals surface area (Å²) in [6, 6.07) is 0. The fraction of sp³-hybridized carbons (Fsp3) is 1.00. The van der Waals surface area contributed by atoms with E-state index in [0.717, 1.165) is 32.2 Å². The normalized spacial score (nSPS) is 29.3. The van der Waals surface area contributed by atoms with E-state index in [1.807, 2.05) is 0 Å². The molecule has 0 aromatic rings. The fourth-order valence-electron chi connectivity index (χ4n) is 3.12. The summed E-state index contributed by atoms with van der Waals surface area (Å²) in [6.07, 6.45) is 2.67. The molecule has 0 aromatic heterocycles. The molecule has 2 aliphatic rings. The van der Waals surface area contributed by atoms with E-state index in [1.54, 1.807) is 0 Å². The largest absolute Gasteiger partial charge is 0.396 e. The number of likely N-dealkylation sites (tertiary alicyclic amines) is 1. The van der Waals surface area contributed by atoms with Crippen LogP contribution in [0.3, 0.4) is 0 Å². The van der Waals surface area contributed by atoms with E-state index in [1.165, 1.54) is 25.9 Å². The summed E-state index contributed by atoms with van der Waals surface area (Å²) in [5, 5.41) is 9.42. The Labute approximate surface area is 105 Å². The predicted molar refractivity (Wildman–Crippen MR) is 68.1 cm³/mol. The summed E-state index contributed by atoms with van der Waals surface area (Å²) < 4.78 is 5.24. The number of nitrogens with zero attached hydrogens (tertiary/aromatic N) is 2. The standard InChI is InChI=1S/C13H26N2O2/c1-14-5-3-4-12(6-14)7-15(2)8-13(9-16)10-17-11-13/h12,16H,3-11H2,1-2H3. The quantitative estimate of drug-likeness (QED) is 0.751. The van der Waals surface area contributed by atoms with Gasteiger partial charge in [-0.25, -0.2) is 0 Å². The van der Waals surface area contributed by atoms with E-state index in [-0.39, 0.29) is 12.0 Å². The number of hydrogen-bond donors (Lipinski definition) is 1. The summed E-state index contributed by atoms with van der Waals surface area (Å²) in [7, 11) is 4.38. The lowest BCUT2D eigenvalue weighted by Crippen LogP contribution is -2.53. The van der Waals surface area contributed by atoms with Gasteiger partial charge in [-0.3, -0.25) is 0 Å². The summed E-state index contributed by atoms with van der Waals surface area (Å²) in [5.41, 5.74) is 0.0231. The molecule has 2 fully saturated rings. The highest BCUT2D eigenvalue weighted by atomic mass is 16.5. The van der Waals surface area contributed by atoms with E-state index in [9.17, 15) is 5.11 Å². The van der Waals surface area contributed by atoms with E-state index in [2.05, 4.69) is 23.9 Å². The Morgan fingerprint density at radius 3 is 2.76 bits per heavy atom. The molecule has 1 unspecified atom stereocenters. The van der Waals surface area contributed by atoms with Gasteiger partial charge in [0, 0.05) is 19.6 Å². The maximum Gasteiger partial charge on any atom is 0.0579 e. The van der Waals surface area contributed by atoms with Crippen molar-refractivity contribution in [3.05, 3.63) is 0 Å². The zero-order valence-corrected chi connectivity index (χ0v) is 11.2.